The average Bonchev–Trinajstić information content (AvgIpc) is 3.36. The number of hydrogen-bond donors (Lipinski definition) is 0. The smallest absolute Gasteiger partial charge is 0.265 e. The lowest BCUT2D eigenvalue weighted by molar-refractivity contribution is -0.142. The molecule has 0 saturated carbocycles. The van der Waals surface area contributed by atoms with Crippen LogP contribution in [0, 0.1) is 6.92 Å². The normalized spacial score (nSPS) is 17.7. The van der Waals surface area contributed by atoms with Gasteiger partial charge >= 0.3 is 0 Å². The zero-order chi connectivity index (χ0) is 23.5. The number of benzene rings is 2. The number of amides is 2. The van der Waals surface area contributed by atoms with Gasteiger partial charge in [-0.25, -0.2) is 0 Å². The molecule has 1 atom stereocenters. The van der Waals surface area contributed by atoms with Gasteiger partial charge < -0.3 is 23.7 Å². The lowest BCUT2D eigenvalue weighted by Crippen LogP contribution is -2.54. The molecule has 0 aliphatic carbocycles. The zero-order valence-corrected chi connectivity index (χ0v) is 19.0. The number of rotatable bonds is 5. The molecule has 2 amide bonds. The summed E-state index contributed by atoms with van der Waals surface area (Å²) in [7, 11) is 0. The van der Waals surface area contributed by atoms with Crippen molar-refractivity contribution in [1.29, 1.82) is 0 Å². The summed E-state index contributed by atoms with van der Waals surface area (Å²) in [5, 5.41) is 8.20. The Labute approximate surface area is 197 Å². The lowest BCUT2D eigenvalue weighted by atomic mass is 10.1. The van der Waals surface area contributed by atoms with Crippen LogP contribution in [0.5, 0.6) is 5.75 Å². The zero-order valence-electron chi connectivity index (χ0n) is 19.0. The molecule has 9 heteroatoms. The molecule has 1 aromatic heterocycles. The largest absolute Gasteiger partial charge is 0.476 e. The van der Waals surface area contributed by atoms with Crippen LogP contribution in [-0.4, -0.2) is 65.9 Å². The predicted octanol–water partition coefficient (Wildman–Crippen LogP) is 2.63. The fraction of sp³-hybridized carbons (Fsp3) is 0.360. The van der Waals surface area contributed by atoms with Crippen LogP contribution in [0.25, 0.3) is 11.5 Å². The van der Waals surface area contributed by atoms with Gasteiger partial charge in [-0.3, -0.25) is 9.59 Å². The van der Waals surface area contributed by atoms with Crippen molar-refractivity contribution in [1.82, 2.24) is 15.1 Å². The average molecular weight is 463 g/mol. The summed E-state index contributed by atoms with van der Waals surface area (Å²) in [6.45, 7) is 4.23. The predicted molar refractivity (Wildman–Crippen MR) is 123 cm³/mol. The molecule has 176 valence electrons. The Morgan fingerprint density at radius 1 is 1.03 bits per heavy atom. The Morgan fingerprint density at radius 3 is 2.59 bits per heavy atom. The Kier molecular flexibility index (Phi) is 6.27. The van der Waals surface area contributed by atoms with Crippen LogP contribution >= 0.6 is 0 Å². The van der Waals surface area contributed by atoms with E-state index in [1.54, 1.807) is 15.9 Å². The summed E-state index contributed by atoms with van der Waals surface area (Å²) in [4.78, 5) is 29.6. The summed E-state index contributed by atoms with van der Waals surface area (Å²) in [5.74, 6) is 1.08. The van der Waals surface area contributed by atoms with Crippen molar-refractivity contribution in [3.8, 4) is 17.2 Å². The number of morpholine rings is 1. The minimum absolute atomic E-state index is 0.129. The number of para-hydroxylation sites is 2. The maximum atomic E-state index is 13.2. The summed E-state index contributed by atoms with van der Waals surface area (Å²) in [6.07, 6.45) is -0.282. The molecule has 1 saturated heterocycles. The molecule has 9 nitrogen and oxygen atoms in total. The highest BCUT2D eigenvalue weighted by Gasteiger charge is 2.36. The van der Waals surface area contributed by atoms with Crippen molar-refractivity contribution in [2.45, 2.75) is 25.9 Å². The van der Waals surface area contributed by atoms with Crippen LogP contribution in [0.4, 0.5) is 5.69 Å². The van der Waals surface area contributed by atoms with Crippen molar-refractivity contribution in [3.63, 3.8) is 0 Å². The molecule has 5 rings (SSSR count). The number of aryl methyl sites for hydroxylation is 2. The summed E-state index contributed by atoms with van der Waals surface area (Å²) in [6, 6.07) is 15.1. The Hall–Kier alpha value is -3.72. The number of nitrogens with zero attached hydrogens (tertiary/aromatic N) is 4. The maximum absolute atomic E-state index is 13.2. The van der Waals surface area contributed by atoms with Crippen molar-refractivity contribution in [3.05, 3.63) is 60.0 Å². The number of aromatic nitrogens is 2. The third-order valence-corrected chi connectivity index (χ3v) is 5.99. The van der Waals surface area contributed by atoms with Crippen LogP contribution in [0.15, 0.2) is 52.9 Å². The first-order valence-electron chi connectivity index (χ1n) is 11.4. The topological polar surface area (TPSA) is 98.0 Å². The Balaban J connectivity index is 1.27. The highest BCUT2D eigenvalue weighted by molar-refractivity contribution is 5.97. The van der Waals surface area contributed by atoms with Gasteiger partial charge in [-0.2, -0.15) is 0 Å². The molecule has 0 bridgehead atoms. The van der Waals surface area contributed by atoms with E-state index in [-0.39, 0.29) is 24.8 Å². The summed E-state index contributed by atoms with van der Waals surface area (Å²) < 4.78 is 17.1. The maximum Gasteiger partial charge on any atom is 0.265 e. The molecule has 2 aliphatic rings. The number of anilines is 1. The standard InChI is InChI=1S/C25H26N4O5/c1-17-6-8-18(9-7-17)24-27-26-22(34-24)10-11-23(30)29-16-21(25(31)28-12-14-32-15-13-28)33-20-5-3-2-4-19(20)29/h2-9,21H,10-16H2,1H3/t21-/m0/s1. The quantitative estimate of drug-likeness (QED) is 0.575. The molecular formula is C25H26N4O5. The molecule has 1 fully saturated rings. The van der Waals surface area contributed by atoms with Crippen LogP contribution < -0.4 is 9.64 Å². The fourth-order valence-electron chi connectivity index (χ4n) is 4.10. The Bertz CT molecular complexity index is 1170. The number of carbonyl (C=O) groups is 2. The van der Waals surface area contributed by atoms with Gasteiger partial charge in [0.25, 0.3) is 5.91 Å². The van der Waals surface area contributed by atoms with E-state index in [0.29, 0.717) is 55.9 Å². The van der Waals surface area contributed by atoms with Gasteiger partial charge in [0, 0.05) is 31.5 Å². The van der Waals surface area contributed by atoms with Gasteiger partial charge in [0.15, 0.2) is 6.10 Å². The molecule has 2 aromatic carbocycles. The van der Waals surface area contributed by atoms with E-state index in [0.717, 1.165) is 11.1 Å². The highest BCUT2D eigenvalue weighted by atomic mass is 16.5. The van der Waals surface area contributed by atoms with Gasteiger partial charge in [0.05, 0.1) is 25.4 Å². The van der Waals surface area contributed by atoms with E-state index in [9.17, 15) is 9.59 Å². The number of carbonyl (C=O) groups excluding carboxylic acids is 2. The first-order valence-corrected chi connectivity index (χ1v) is 11.4. The van der Waals surface area contributed by atoms with E-state index < -0.39 is 6.10 Å². The lowest BCUT2D eigenvalue weighted by Gasteiger charge is -2.37. The van der Waals surface area contributed by atoms with Crippen molar-refractivity contribution < 1.29 is 23.5 Å². The molecule has 0 spiro atoms. The fourth-order valence-corrected chi connectivity index (χ4v) is 4.10. The highest BCUT2D eigenvalue weighted by Crippen LogP contribution is 2.34. The van der Waals surface area contributed by atoms with E-state index in [1.165, 1.54) is 0 Å². The number of ether oxygens (including phenoxy) is 2. The summed E-state index contributed by atoms with van der Waals surface area (Å²) in [5.41, 5.74) is 2.64. The van der Waals surface area contributed by atoms with Gasteiger partial charge in [-0.05, 0) is 31.2 Å². The summed E-state index contributed by atoms with van der Waals surface area (Å²) >= 11 is 0. The molecular weight excluding hydrogens is 436 g/mol. The molecule has 0 N–H and O–H groups in total. The SMILES string of the molecule is Cc1ccc(-c2nnc(CCC(=O)N3C[C@@H](C(=O)N4CCOCC4)Oc4ccccc43)o2)cc1. The van der Waals surface area contributed by atoms with Crippen molar-refractivity contribution in [2.24, 2.45) is 0 Å². The first-order chi connectivity index (χ1) is 16.6. The van der Waals surface area contributed by atoms with Crippen LogP contribution in [0.1, 0.15) is 17.9 Å². The van der Waals surface area contributed by atoms with Gasteiger partial charge in [-0.1, -0.05) is 29.8 Å². The molecule has 2 aliphatic heterocycles. The second-order valence-electron chi connectivity index (χ2n) is 8.38. The molecule has 0 unspecified atom stereocenters. The first kappa shape index (κ1) is 22.1. The van der Waals surface area contributed by atoms with Crippen molar-refractivity contribution >= 4 is 17.5 Å². The second-order valence-corrected chi connectivity index (χ2v) is 8.38. The van der Waals surface area contributed by atoms with E-state index >= 15 is 0 Å². The van der Waals surface area contributed by atoms with Crippen LogP contribution in [0.3, 0.4) is 0 Å². The van der Waals surface area contributed by atoms with Crippen LogP contribution in [0.2, 0.25) is 0 Å². The van der Waals surface area contributed by atoms with Gasteiger partial charge in [0.1, 0.15) is 5.75 Å². The van der Waals surface area contributed by atoms with Gasteiger partial charge in [-0.15, -0.1) is 10.2 Å². The van der Waals surface area contributed by atoms with E-state index in [1.807, 2.05) is 49.4 Å². The third kappa shape index (κ3) is 4.65. The van der Waals surface area contributed by atoms with E-state index in [2.05, 4.69) is 10.2 Å². The minimum Gasteiger partial charge on any atom is -0.476 e. The number of fused-ring (bicyclic) bond motifs is 1. The number of hydrogen-bond acceptors (Lipinski definition) is 7. The monoisotopic (exact) mass is 462 g/mol. The molecule has 3 aromatic rings. The van der Waals surface area contributed by atoms with Crippen LogP contribution in [-0.2, 0) is 20.7 Å². The van der Waals surface area contributed by atoms with Crippen molar-refractivity contribution in [2.75, 3.05) is 37.7 Å². The molecule has 34 heavy (non-hydrogen) atoms. The molecule has 3 heterocycles. The third-order valence-electron chi connectivity index (χ3n) is 5.99. The van der Waals surface area contributed by atoms with E-state index in [4.69, 9.17) is 13.9 Å². The Morgan fingerprint density at radius 2 is 1.79 bits per heavy atom. The molecule has 0 radical (unpaired) electrons. The van der Waals surface area contributed by atoms with Gasteiger partial charge in [0.2, 0.25) is 17.7 Å². The minimum atomic E-state index is -0.756. The second kappa shape index (κ2) is 9.64.